The van der Waals surface area contributed by atoms with Crippen LogP contribution in [-0.4, -0.2) is 0 Å². The molecule has 0 radical (unpaired) electrons. The van der Waals surface area contributed by atoms with E-state index in [1.807, 2.05) is 0 Å². The molecule has 43 heavy (non-hydrogen) atoms. The second-order valence-corrected chi connectivity index (χ2v) is 12.0. The van der Waals surface area contributed by atoms with Gasteiger partial charge in [-0.05, 0) is 110 Å². The molecule has 0 fully saturated rings. The highest BCUT2D eigenvalue weighted by atomic mass is 14.2. The first-order valence-electron chi connectivity index (χ1n) is 15.1. The standard InChI is InChI=1S/C43H32/c1-27-9-15-31(16-10-27)39-25-38(30-7-5-4-6-8-30)34-21-22-36-40(32-17-11-28(2)12-18-32)26-41(33-19-13-29(3)14-20-33)37-24-23-35(39)42(34)43(36)37/h4-26H,1-3H3. The molecule has 0 saturated carbocycles. The SMILES string of the molecule is Cc1ccc(-c2cc(-c3ccccc3)c3ccc4c(-c5ccc(C)cc5)cc(-c5ccc(C)cc5)c5ccc2c3c45)cc1. The van der Waals surface area contributed by atoms with Gasteiger partial charge in [0.15, 0.2) is 0 Å². The summed E-state index contributed by atoms with van der Waals surface area (Å²) in [6, 6.07) is 52.1. The van der Waals surface area contributed by atoms with Gasteiger partial charge in [-0.1, -0.05) is 144 Å². The van der Waals surface area contributed by atoms with Gasteiger partial charge in [-0.15, -0.1) is 0 Å². The quantitative estimate of drug-likeness (QED) is 0.192. The smallest absolute Gasteiger partial charge is 0.00139 e. The summed E-state index contributed by atoms with van der Waals surface area (Å²) in [5, 5.41) is 7.88. The first-order valence-corrected chi connectivity index (χ1v) is 15.1. The average Bonchev–Trinajstić information content (AvgIpc) is 3.05. The Hall–Kier alpha value is -5.20. The molecule has 8 aromatic carbocycles. The minimum atomic E-state index is 1.24. The molecule has 0 unspecified atom stereocenters. The van der Waals surface area contributed by atoms with E-state index in [1.165, 1.54) is 93.5 Å². The van der Waals surface area contributed by atoms with Crippen molar-refractivity contribution < 1.29 is 0 Å². The summed E-state index contributed by atoms with van der Waals surface area (Å²) in [4.78, 5) is 0. The van der Waals surface area contributed by atoms with Crippen molar-refractivity contribution in [2.75, 3.05) is 0 Å². The van der Waals surface area contributed by atoms with Gasteiger partial charge in [0, 0.05) is 0 Å². The highest BCUT2D eigenvalue weighted by molar-refractivity contribution is 6.31. The molecule has 0 atom stereocenters. The molecule has 0 aliphatic rings. The van der Waals surface area contributed by atoms with Crippen LogP contribution in [0.2, 0.25) is 0 Å². The third-order valence-electron chi connectivity index (χ3n) is 9.07. The Bertz CT molecular complexity index is 2190. The zero-order valence-electron chi connectivity index (χ0n) is 24.8. The highest BCUT2D eigenvalue weighted by Gasteiger charge is 2.20. The summed E-state index contributed by atoms with van der Waals surface area (Å²) in [5.74, 6) is 0. The predicted molar refractivity (Wildman–Crippen MR) is 186 cm³/mol. The van der Waals surface area contributed by atoms with Crippen LogP contribution in [0.25, 0.3) is 76.8 Å². The fourth-order valence-electron chi connectivity index (χ4n) is 6.77. The van der Waals surface area contributed by atoms with Crippen LogP contribution in [-0.2, 0) is 0 Å². The lowest BCUT2D eigenvalue weighted by molar-refractivity contribution is 1.47. The average molecular weight is 549 g/mol. The number of rotatable bonds is 4. The fraction of sp³-hybridized carbons (Fsp3) is 0.0698. The molecule has 0 aliphatic heterocycles. The van der Waals surface area contributed by atoms with Crippen LogP contribution in [0.4, 0.5) is 0 Å². The van der Waals surface area contributed by atoms with E-state index in [0.717, 1.165) is 0 Å². The van der Waals surface area contributed by atoms with E-state index >= 15 is 0 Å². The maximum absolute atomic E-state index is 2.41. The summed E-state index contributed by atoms with van der Waals surface area (Å²) < 4.78 is 0. The van der Waals surface area contributed by atoms with E-state index in [-0.39, 0.29) is 0 Å². The van der Waals surface area contributed by atoms with Crippen LogP contribution in [0, 0.1) is 20.8 Å². The summed E-state index contributed by atoms with van der Waals surface area (Å²) >= 11 is 0. The zero-order valence-corrected chi connectivity index (χ0v) is 24.8. The van der Waals surface area contributed by atoms with E-state index in [4.69, 9.17) is 0 Å². The van der Waals surface area contributed by atoms with Gasteiger partial charge in [0.05, 0.1) is 0 Å². The Morgan fingerprint density at radius 1 is 0.279 bits per heavy atom. The molecule has 0 aliphatic carbocycles. The third kappa shape index (κ3) is 4.22. The molecular weight excluding hydrogens is 516 g/mol. The van der Waals surface area contributed by atoms with Crippen molar-refractivity contribution in [3.63, 3.8) is 0 Å². The Morgan fingerprint density at radius 2 is 0.558 bits per heavy atom. The van der Waals surface area contributed by atoms with E-state index in [1.54, 1.807) is 0 Å². The first kappa shape index (κ1) is 25.5. The van der Waals surface area contributed by atoms with E-state index in [2.05, 4.69) is 160 Å². The lowest BCUT2D eigenvalue weighted by Gasteiger charge is -2.21. The Labute approximate surface area is 253 Å². The maximum Gasteiger partial charge on any atom is -0.00139 e. The molecule has 0 aromatic heterocycles. The molecule has 0 N–H and O–H groups in total. The van der Waals surface area contributed by atoms with Gasteiger partial charge < -0.3 is 0 Å². The van der Waals surface area contributed by atoms with Crippen molar-refractivity contribution in [1.82, 2.24) is 0 Å². The fourth-order valence-corrected chi connectivity index (χ4v) is 6.77. The van der Waals surface area contributed by atoms with Gasteiger partial charge in [0.2, 0.25) is 0 Å². The maximum atomic E-state index is 2.41. The molecule has 0 bridgehead atoms. The van der Waals surface area contributed by atoms with E-state index in [0.29, 0.717) is 0 Å². The minimum absolute atomic E-state index is 1.24. The summed E-state index contributed by atoms with van der Waals surface area (Å²) in [7, 11) is 0. The van der Waals surface area contributed by atoms with Crippen LogP contribution >= 0.6 is 0 Å². The normalized spacial score (nSPS) is 11.6. The predicted octanol–water partition coefficient (Wildman–Crippen LogP) is 12.2. The van der Waals surface area contributed by atoms with Crippen LogP contribution in [0.3, 0.4) is 0 Å². The van der Waals surface area contributed by atoms with Crippen molar-refractivity contribution in [1.29, 1.82) is 0 Å². The summed E-state index contributed by atoms with van der Waals surface area (Å²) in [5.41, 5.74) is 13.9. The summed E-state index contributed by atoms with van der Waals surface area (Å²) in [6.45, 7) is 6.47. The van der Waals surface area contributed by atoms with Crippen molar-refractivity contribution >= 4 is 32.3 Å². The van der Waals surface area contributed by atoms with E-state index < -0.39 is 0 Å². The van der Waals surface area contributed by atoms with Gasteiger partial charge in [0.25, 0.3) is 0 Å². The number of hydrogen-bond donors (Lipinski definition) is 0. The van der Waals surface area contributed by atoms with Crippen LogP contribution in [0.1, 0.15) is 16.7 Å². The van der Waals surface area contributed by atoms with Crippen LogP contribution in [0.15, 0.2) is 140 Å². The van der Waals surface area contributed by atoms with E-state index in [9.17, 15) is 0 Å². The second-order valence-electron chi connectivity index (χ2n) is 12.0. The lowest BCUT2D eigenvalue weighted by atomic mass is 9.82. The van der Waals surface area contributed by atoms with Gasteiger partial charge >= 0.3 is 0 Å². The molecule has 0 saturated heterocycles. The van der Waals surface area contributed by atoms with Gasteiger partial charge in [-0.3, -0.25) is 0 Å². The van der Waals surface area contributed by atoms with Crippen molar-refractivity contribution in [2.45, 2.75) is 20.8 Å². The first-order chi connectivity index (χ1) is 21.0. The molecule has 0 heteroatoms. The van der Waals surface area contributed by atoms with Crippen molar-refractivity contribution in [3.05, 3.63) is 156 Å². The molecule has 0 amide bonds. The van der Waals surface area contributed by atoms with Gasteiger partial charge in [-0.2, -0.15) is 0 Å². The largest absolute Gasteiger partial charge is 0.0622 e. The molecule has 204 valence electrons. The lowest BCUT2D eigenvalue weighted by Crippen LogP contribution is -1.94. The molecule has 0 spiro atoms. The molecule has 0 nitrogen and oxygen atoms in total. The second kappa shape index (κ2) is 9.96. The van der Waals surface area contributed by atoms with Gasteiger partial charge in [-0.25, -0.2) is 0 Å². The van der Waals surface area contributed by atoms with Gasteiger partial charge in [0.1, 0.15) is 0 Å². The van der Waals surface area contributed by atoms with Crippen molar-refractivity contribution in [3.8, 4) is 44.5 Å². The monoisotopic (exact) mass is 548 g/mol. The Balaban J connectivity index is 1.57. The Morgan fingerprint density at radius 3 is 0.860 bits per heavy atom. The van der Waals surface area contributed by atoms with Crippen LogP contribution < -0.4 is 0 Å². The topological polar surface area (TPSA) is 0 Å². The number of aryl methyl sites for hydroxylation is 3. The molecule has 8 aromatic rings. The molecule has 8 rings (SSSR count). The molecular formula is C43H32. The zero-order chi connectivity index (χ0) is 29.1. The Kier molecular flexibility index (Phi) is 5.91. The molecule has 0 heterocycles. The number of benzene rings is 8. The van der Waals surface area contributed by atoms with Crippen molar-refractivity contribution in [2.24, 2.45) is 0 Å². The highest BCUT2D eigenvalue weighted by Crippen LogP contribution is 2.48. The number of hydrogen-bond acceptors (Lipinski definition) is 0. The van der Waals surface area contributed by atoms with Crippen LogP contribution in [0.5, 0.6) is 0 Å². The summed E-state index contributed by atoms with van der Waals surface area (Å²) in [6.07, 6.45) is 0. The minimum Gasteiger partial charge on any atom is -0.0622 e. The third-order valence-corrected chi connectivity index (χ3v) is 9.07.